The Labute approximate surface area is 85.5 Å². The Morgan fingerprint density at radius 2 is 2.29 bits per heavy atom. The Morgan fingerprint density at radius 1 is 1.64 bits per heavy atom. The minimum atomic E-state index is -0.320. The van der Waals surface area contributed by atoms with E-state index in [-0.39, 0.29) is 17.0 Å². The largest absolute Gasteiger partial charge is 0.393 e. The predicted octanol–water partition coefficient (Wildman–Crippen LogP) is -0.541. The zero-order valence-electron chi connectivity index (χ0n) is 7.69. The van der Waals surface area contributed by atoms with Gasteiger partial charge in [-0.25, -0.2) is 4.68 Å². The second-order valence-corrected chi connectivity index (χ2v) is 3.53. The first kappa shape index (κ1) is 10.6. The van der Waals surface area contributed by atoms with Gasteiger partial charge in [0.05, 0.1) is 11.5 Å². The van der Waals surface area contributed by atoms with Crippen LogP contribution in [0.25, 0.3) is 0 Å². The molecule has 0 saturated heterocycles. The van der Waals surface area contributed by atoms with Gasteiger partial charge in [0.15, 0.2) is 0 Å². The Bertz CT molecular complexity index is 448. The summed E-state index contributed by atoms with van der Waals surface area (Å²) >= 11 is 4.76. The van der Waals surface area contributed by atoms with E-state index in [0.29, 0.717) is 11.5 Å². The summed E-state index contributed by atoms with van der Waals surface area (Å²) in [4.78, 5) is 22.5. The fourth-order valence-corrected chi connectivity index (χ4v) is 1.04. The maximum atomic E-state index is 11.2. The van der Waals surface area contributed by atoms with E-state index in [1.165, 1.54) is 16.8 Å². The van der Waals surface area contributed by atoms with Crippen molar-refractivity contribution in [2.24, 2.45) is 11.7 Å². The van der Waals surface area contributed by atoms with Crippen LogP contribution in [0.5, 0.6) is 0 Å². The van der Waals surface area contributed by atoms with Crippen LogP contribution < -0.4 is 16.9 Å². The summed E-state index contributed by atoms with van der Waals surface area (Å²) in [5.74, 6) is -0.124. The molecule has 0 amide bonds. The quantitative estimate of drug-likeness (QED) is 0.661. The first-order chi connectivity index (χ1) is 6.50. The van der Waals surface area contributed by atoms with Gasteiger partial charge in [-0.05, 0) is 0 Å². The van der Waals surface area contributed by atoms with Gasteiger partial charge >= 0.3 is 0 Å². The minimum absolute atomic E-state index is 0.124. The van der Waals surface area contributed by atoms with Crippen LogP contribution in [0.15, 0.2) is 21.7 Å². The summed E-state index contributed by atoms with van der Waals surface area (Å²) in [7, 11) is 0. The topological polar surface area (TPSA) is 80.9 Å². The molecule has 76 valence electrons. The summed E-state index contributed by atoms with van der Waals surface area (Å²) in [6.07, 6.45) is 0. The van der Waals surface area contributed by atoms with Crippen molar-refractivity contribution in [1.29, 1.82) is 0 Å². The number of hydrogen-bond acceptors (Lipinski definition) is 3. The van der Waals surface area contributed by atoms with Gasteiger partial charge in [0, 0.05) is 18.1 Å². The van der Waals surface area contributed by atoms with E-state index >= 15 is 0 Å². The lowest BCUT2D eigenvalue weighted by molar-refractivity contribution is 0.510. The number of aromatic amines is 1. The fourth-order valence-electron chi connectivity index (χ4n) is 0.962. The van der Waals surface area contributed by atoms with Crippen molar-refractivity contribution >= 4 is 17.2 Å². The molecule has 3 N–H and O–H groups in total. The Hall–Kier alpha value is -1.43. The molecule has 0 saturated carbocycles. The molecular weight excluding hydrogens is 202 g/mol. The number of rotatable bonds is 3. The third-order valence-electron chi connectivity index (χ3n) is 1.83. The van der Waals surface area contributed by atoms with Crippen LogP contribution in [-0.4, -0.2) is 14.8 Å². The van der Waals surface area contributed by atoms with E-state index in [0.717, 1.165) is 0 Å². The zero-order chi connectivity index (χ0) is 10.7. The van der Waals surface area contributed by atoms with Crippen LogP contribution >= 0.6 is 12.2 Å². The maximum absolute atomic E-state index is 11.2. The van der Waals surface area contributed by atoms with Gasteiger partial charge in [-0.15, -0.1) is 0 Å². The molecule has 1 unspecified atom stereocenters. The Balaban J connectivity index is 2.97. The molecule has 1 atom stereocenters. The lowest BCUT2D eigenvalue weighted by Gasteiger charge is -2.10. The molecule has 1 heterocycles. The van der Waals surface area contributed by atoms with Gasteiger partial charge in [-0.1, -0.05) is 19.1 Å². The second-order valence-electron chi connectivity index (χ2n) is 3.06. The van der Waals surface area contributed by atoms with Crippen molar-refractivity contribution in [3.63, 3.8) is 0 Å². The van der Waals surface area contributed by atoms with Crippen LogP contribution in [0.2, 0.25) is 0 Å². The van der Waals surface area contributed by atoms with Gasteiger partial charge in [-0.3, -0.25) is 14.7 Å². The number of hydrogen-bond donors (Lipinski definition) is 2. The molecular formula is C8H11N3O2S. The molecule has 0 fully saturated rings. The standard InChI is InChI=1S/C8H11N3O2S/c1-5(8(9)14)4-11-7(13)3-2-6(12)10-11/h2-3,5H,4H2,1H3,(H2,9,14)(H,10,12). The van der Waals surface area contributed by atoms with Gasteiger partial charge in [0.2, 0.25) is 0 Å². The summed E-state index contributed by atoms with van der Waals surface area (Å²) in [5, 5.41) is 2.39. The monoisotopic (exact) mass is 213 g/mol. The number of nitrogens with one attached hydrogen (secondary N) is 1. The lowest BCUT2D eigenvalue weighted by Crippen LogP contribution is -2.33. The summed E-state index contributed by atoms with van der Waals surface area (Å²) in [6.45, 7) is 2.09. The van der Waals surface area contributed by atoms with E-state index in [4.69, 9.17) is 18.0 Å². The number of nitrogens with zero attached hydrogens (tertiary/aromatic N) is 1. The van der Waals surface area contributed by atoms with Gasteiger partial charge < -0.3 is 5.73 Å². The predicted molar refractivity (Wildman–Crippen MR) is 57.3 cm³/mol. The highest BCUT2D eigenvalue weighted by atomic mass is 32.1. The molecule has 0 bridgehead atoms. The molecule has 0 aliphatic rings. The molecule has 0 aliphatic heterocycles. The molecule has 0 aromatic carbocycles. The van der Waals surface area contributed by atoms with Crippen molar-refractivity contribution in [3.05, 3.63) is 32.8 Å². The van der Waals surface area contributed by atoms with Crippen LogP contribution in [0.1, 0.15) is 6.92 Å². The van der Waals surface area contributed by atoms with Crippen molar-refractivity contribution in [1.82, 2.24) is 9.78 Å². The maximum Gasteiger partial charge on any atom is 0.265 e. The van der Waals surface area contributed by atoms with E-state index in [1.54, 1.807) is 6.92 Å². The van der Waals surface area contributed by atoms with Gasteiger partial charge in [0.1, 0.15) is 0 Å². The fraction of sp³-hybridized carbons (Fsp3) is 0.375. The summed E-state index contributed by atoms with van der Waals surface area (Å²) in [6, 6.07) is 2.40. The molecule has 5 nitrogen and oxygen atoms in total. The number of thiocarbonyl (C=S) groups is 1. The van der Waals surface area contributed by atoms with E-state index < -0.39 is 0 Å². The average Bonchev–Trinajstić information content (AvgIpc) is 2.11. The van der Waals surface area contributed by atoms with Crippen LogP contribution in [0.3, 0.4) is 0 Å². The summed E-state index contributed by atoms with van der Waals surface area (Å²) < 4.78 is 1.20. The SMILES string of the molecule is CC(Cn1[nH]c(=O)ccc1=O)C(N)=S. The van der Waals surface area contributed by atoms with E-state index in [9.17, 15) is 9.59 Å². The molecule has 0 aliphatic carbocycles. The average molecular weight is 213 g/mol. The molecule has 1 aromatic heterocycles. The molecule has 14 heavy (non-hydrogen) atoms. The van der Waals surface area contributed by atoms with Crippen molar-refractivity contribution in [2.75, 3.05) is 0 Å². The normalized spacial score (nSPS) is 12.4. The lowest BCUT2D eigenvalue weighted by atomic mass is 10.2. The highest BCUT2D eigenvalue weighted by Gasteiger charge is 2.07. The number of H-pyrrole nitrogens is 1. The van der Waals surface area contributed by atoms with Crippen LogP contribution in [-0.2, 0) is 6.54 Å². The smallest absolute Gasteiger partial charge is 0.265 e. The van der Waals surface area contributed by atoms with E-state index in [2.05, 4.69) is 5.10 Å². The van der Waals surface area contributed by atoms with Crippen LogP contribution in [0, 0.1) is 5.92 Å². The molecule has 1 rings (SSSR count). The highest BCUT2D eigenvalue weighted by Crippen LogP contribution is 1.96. The second kappa shape index (κ2) is 4.19. The molecule has 0 radical (unpaired) electrons. The van der Waals surface area contributed by atoms with Crippen molar-refractivity contribution in [2.45, 2.75) is 13.5 Å². The third kappa shape index (κ3) is 2.53. The number of aromatic nitrogens is 2. The van der Waals surface area contributed by atoms with Crippen LogP contribution in [0.4, 0.5) is 0 Å². The number of nitrogens with two attached hydrogens (primary N) is 1. The molecule has 6 heteroatoms. The molecule has 1 aromatic rings. The van der Waals surface area contributed by atoms with Crippen molar-refractivity contribution in [3.8, 4) is 0 Å². The first-order valence-electron chi connectivity index (χ1n) is 4.10. The summed E-state index contributed by atoms with van der Waals surface area (Å²) in [5.41, 5.74) is 4.81. The Morgan fingerprint density at radius 3 is 2.86 bits per heavy atom. The van der Waals surface area contributed by atoms with E-state index in [1.807, 2.05) is 0 Å². The zero-order valence-corrected chi connectivity index (χ0v) is 8.50. The van der Waals surface area contributed by atoms with Gasteiger partial charge in [0.25, 0.3) is 11.1 Å². The Kier molecular flexibility index (Phi) is 3.19. The van der Waals surface area contributed by atoms with Gasteiger partial charge in [-0.2, -0.15) is 0 Å². The molecule has 0 spiro atoms. The minimum Gasteiger partial charge on any atom is -0.393 e. The first-order valence-corrected chi connectivity index (χ1v) is 4.51. The van der Waals surface area contributed by atoms with Crippen molar-refractivity contribution < 1.29 is 0 Å². The highest BCUT2D eigenvalue weighted by molar-refractivity contribution is 7.80. The third-order valence-corrected chi connectivity index (χ3v) is 2.23.